The van der Waals surface area contributed by atoms with E-state index in [0.717, 1.165) is 16.8 Å². The molecule has 1 aliphatic heterocycles. The van der Waals surface area contributed by atoms with E-state index in [2.05, 4.69) is 5.32 Å². The van der Waals surface area contributed by atoms with Crippen LogP contribution in [0, 0.1) is 5.92 Å². The van der Waals surface area contributed by atoms with Crippen LogP contribution in [-0.4, -0.2) is 67.1 Å². The molecular weight excluding hydrogens is 364 g/mol. The molecule has 0 saturated carbocycles. The second kappa shape index (κ2) is 8.00. The van der Waals surface area contributed by atoms with Crippen LogP contribution in [-0.2, 0) is 14.3 Å². The minimum atomic E-state index is -1.73. The lowest BCUT2D eigenvalue weighted by molar-refractivity contribution is -0.149. The van der Waals surface area contributed by atoms with E-state index in [1.807, 2.05) is 4.98 Å². The predicted molar refractivity (Wildman–Crippen MR) is 89.6 cm³/mol. The number of H-pyrrole nitrogens is 1. The predicted octanol–water partition coefficient (Wildman–Crippen LogP) is -3.29. The topological polar surface area (TPSA) is 197 Å². The summed E-state index contributed by atoms with van der Waals surface area (Å²) >= 11 is 0. The van der Waals surface area contributed by atoms with Crippen LogP contribution in [0.2, 0.25) is 0 Å². The molecule has 1 fully saturated rings. The fourth-order valence-electron chi connectivity index (χ4n) is 2.66. The molecular formula is C15H22N4O8. The van der Waals surface area contributed by atoms with E-state index in [9.17, 15) is 34.5 Å². The van der Waals surface area contributed by atoms with Crippen molar-refractivity contribution in [2.24, 2.45) is 11.7 Å². The number of aliphatic hydroxyl groups excluding tert-OH is 2. The number of nitrogens with two attached hydrogens (primary N) is 1. The Hall–Kier alpha value is -2.54. The van der Waals surface area contributed by atoms with Gasteiger partial charge in [-0.25, -0.2) is 9.59 Å². The van der Waals surface area contributed by atoms with Gasteiger partial charge in [0, 0.05) is 12.3 Å². The van der Waals surface area contributed by atoms with E-state index in [4.69, 9.17) is 10.5 Å². The highest BCUT2D eigenvalue weighted by molar-refractivity contribution is 5.87. The summed E-state index contributed by atoms with van der Waals surface area (Å²) in [6, 6.07) is -1.72. The molecule has 1 aromatic heterocycles. The molecule has 12 heteroatoms. The van der Waals surface area contributed by atoms with Crippen LogP contribution in [0.1, 0.15) is 20.1 Å². The quantitative estimate of drug-likeness (QED) is 0.290. The Kier molecular flexibility index (Phi) is 6.15. The summed E-state index contributed by atoms with van der Waals surface area (Å²) < 4.78 is 6.16. The molecule has 7 N–H and O–H groups in total. The number of carbonyl (C=O) groups excluding carboxylic acids is 1. The number of carboxylic acids is 1. The van der Waals surface area contributed by atoms with E-state index < -0.39 is 59.7 Å². The van der Waals surface area contributed by atoms with Crippen molar-refractivity contribution in [2.75, 3.05) is 0 Å². The molecule has 0 unspecified atom stereocenters. The minimum absolute atomic E-state index is 0.271. The van der Waals surface area contributed by atoms with Crippen molar-refractivity contribution in [3.63, 3.8) is 0 Å². The van der Waals surface area contributed by atoms with Gasteiger partial charge in [0.2, 0.25) is 5.91 Å². The number of aromatic nitrogens is 2. The van der Waals surface area contributed by atoms with Crippen molar-refractivity contribution in [1.82, 2.24) is 14.9 Å². The molecule has 0 bridgehead atoms. The fraction of sp³-hybridized carbons (Fsp3) is 0.600. The maximum Gasteiger partial charge on any atom is 0.330 e. The summed E-state index contributed by atoms with van der Waals surface area (Å²) in [6.45, 7) is 3.34. The van der Waals surface area contributed by atoms with Gasteiger partial charge in [0.1, 0.15) is 18.3 Å². The van der Waals surface area contributed by atoms with Gasteiger partial charge in [0.15, 0.2) is 12.3 Å². The number of hydrogen-bond acceptors (Lipinski definition) is 8. The SMILES string of the molecule is CC(C)[C@H](N)C(=O)N[C@H](C(=O)O)[C@H]1O[C@@H](n2ccc(=O)[nH]c2=O)[C@H](O)[C@@H]1O. The zero-order chi connectivity index (χ0) is 20.5. The molecule has 2 rings (SSSR count). The lowest BCUT2D eigenvalue weighted by Gasteiger charge is -2.25. The molecule has 1 aliphatic rings. The third-order valence-corrected chi connectivity index (χ3v) is 4.31. The van der Waals surface area contributed by atoms with Gasteiger partial charge in [0.25, 0.3) is 5.56 Å². The Balaban J connectivity index is 2.27. The summed E-state index contributed by atoms with van der Waals surface area (Å²) in [7, 11) is 0. The van der Waals surface area contributed by atoms with Crippen molar-refractivity contribution < 1.29 is 29.6 Å². The summed E-state index contributed by atoms with van der Waals surface area (Å²) in [6.07, 6.45) is -5.41. The number of nitrogens with zero attached hydrogens (tertiary/aromatic N) is 1. The molecule has 6 atom stereocenters. The number of amides is 1. The van der Waals surface area contributed by atoms with Crippen LogP contribution >= 0.6 is 0 Å². The number of nitrogens with one attached hydrogen (secondary N) is 2. The standard InChI is InChI=1S/C15H22N4O8/c1-5(2)7(16)12(23)18-8(14(24)25)11-9(21)10(22)13(27-11)19-4-3-6(20)17-15(19)26/h3-5,7-11,13,21-22H,16H2,1-2H3,(H,18,23)(H,24,25)(H,17,20,26)/t7-,8-,9-,10+,11+,13+/m0/s1. The van der Waals surface area contributed by atoms with Crippen LogP contribution in [0.15, 0.2) is 21.9 Å². The van der Waals surface area contributed by atoms with Gasteiger partial charge in [-0.1, -0.05) is 13.8 Å². The van der Waals surface area contributed by atoms with E-state index in [0.29, 0.717) is 0 Å². The molecule has 0 aromatic carbocycles. The third kappa shape index (κ3) is 4.24. The number of rotatable bonds is 6. The molecule has 1 saturated heterocycles. The van der Waals surface area contributed by atoms with Gasteiger partial charge in [-0.3, -0.25) is 19.1 Å². The van der Waals surface area contributed by atoms with Crippen molar-refractivity contribution >= 4 is 11.9 Å². The Morgan fingerprint density at radius 3 is 2.44 bits per heavy atom. The number of carbonyl (C=O) groups is 2. The van der Waals surface area contributed by atoms with Gasteiger partial charge in [0.05, 0.1) is 6.04 Å². The normalized spacial score (nSPS) is 27.3. The molecule has 1 amide bonds. The lowest BCUT2D eigenvalue weighted by Crippen LogP contribution is -2.57. The highest BCUT2D eigenvalue weighted by atomic mass is 16.6. The molecule has 27 heavy (non-hydrogen) atoms. The lowest BCUT2D eigenvalue weighted by atomic mass is 10.0. The average molecular weight is 386 g/mol. The second-order valence-electron chi connectivity index (χ2n) is 6.58. The summed E-state index contributed by atoms with van der Waals surface area (Å²) in [5, 5.41) is 32.0. The molecule has 0 aliphatic carbocycles. The largest absolute Gasteiger partial charge is 0.480 e. The van der Waals surface area contributed by atoms with Crippen molar-refractivity contribution in [1.29, 1.82) is 0 Å². The zero-order valence-corrected chi connectivity index (χ0v) is 14.6. The number of aliphatic carboxylic acids is 1. The van der Waals surface area contributed by atoms with Crippen LogP contribution in [0.4, 0.5) is 0 Å². The second-order valence-corrected chi connectivity index (χ2v) is 6.58. The minimum Gasteiger partial charge on any atom is -0.480 e. The van der Waals surface area contributed by atoms with Crippen LogP contribution in [0.3, 0.4) is 0 Å². The molecule has 0 radical (unpaired) electrons. The number of aromatic amines is 1. The maximum atomic E-state index is 12.1. The Labute approximate surface area is 152 Å². The maximum absolute atomic E-state index is 12.1. The highest BCUT2D eigenvalue weighted by Gasteiger charge is 2.50. The molecule has 12 nitrogen and oxygen atoms in total. The average Bonchev–Trinajstić information content (AvgIpc) is 2.87. The monoisotopic (exact) mass is 386 g/mol. The highest BCUT2D eigenvalue weighted by Crippen LogP contribution is 2.30. The van der Waals surface area contributed by atoms with E-state index in [1.165, 1.54) is 0 Å². The molecule has 2 heterocycles. The van der Waals surface area contributed by atoms with Gasteiger partial charge < -0.3 is 31.1 Å². The van der Waals surface area contributed by atoms with Crippen LogP contribution < -0.4 is 22.3 Å². The Morgan fingerprint density at radius 1 is 1.30 bits per heavy atom. The number of carboxylic acid groups (broad SMARTS) is 1. The first kappa shape index (κ1) is 20.8. The third-order valence-electron chi connectivity index (χ3n) is 4.31. The van der Waals surface area contributed by atoms with E-state index >= 15 is 0 Å². The smallest absolute Gasteiger partial charge is 0.330 e. The first-order valence-corrected chi connectivity index (χ1v) is 8.16. The van der Waals surface area contributed by atoms with Gasteiger partial charge in [-0.15, -0.1) is 0 Å². The summed E-state index contributed by atoms with van der Waals surface area (Å²) in [5.41, 5.74) is 4.08. The molecule has 0 spiro atoms. The van der Waals surface area contributed by atoms with E-state index in [-0.39, 0.29) is 5.92 Å². The van der Waals surface area contributed by atoms with Gasteiger partial charge >= 0.3 is 11.7 Å². The van der Waals surface area contributed by atoms with E-state index in [1.54, 1.807) is 13.8 Å². The number of hydrogen-bond donors (Lipinski definition) is 6. The van der Waals surface area contributed by atoms with Crippen molar-refractivity contribution in [3.05, 3.63) is 33.1 Å². The summed E-state index contributed by atoms with van der Waals surface area (Å²) in [5.74, 6) is -2.57. The number of aliphatic hydroxyl groups is 2. The zero-order valence-electron chi connectivity index (χ0n) is 14.6. The van der Waals surface area contributed by atoms with Crippen molar-refractivity contribution in [2.45, 2.75) is 50.5 Å². The first-order chi connectivity index (χ1) is 12.5. The molecule has 150 valence electrons. The first-order valence-electron chi connectivity index (χ1n) is 8.16. The number of ether oxygens (including phenoxy) is 1. The Morgan fingerprint density at radius 2 is 1.93 bits per heavy atom. The summed E-state index contributed by atoms with van der Waals surface area (Å²) in [4.78, 5) is 48.6. The molecule has 1 aromatic rings. The van der Waals surface area contributed by atoms with Crippen molar-refractivity contribution in [3.8, 4) is 0 Å². The fourth-order valence-corrected chi connectivity index (χ4v) is 2.66. The van der Waals surface area contributed by atoms with Gasteiger partial charge in [-0.05, 0) is 5.92 Å². The Bertz CT molecular complexity index is 819. The van der Waals surface area contributed by atoms with Gasteiger partial charge in [-0.2, -0.15) is 0 Å². The van der Waals surface area contributed by atoms with Crippen LogP contribution in [0.5, 0.6) is 0 Å². The van der Waals surface area contributed by atoms with Crippen LogP contribution in [0.25, 0.3) is 0 Å².